The van der Waals surface area contributed by atoms with Crippen molar-refractivity contribution in [3.63, 3.8) is 0 Å². The molecule has 1 fully saturated rings. The first kappa shape index (κ1) is 16.0. The third-order valence-electron chi connectivity index (χ3n) is 4.12. The molecule has 3 nitrogen and oxygen atoms in total. The van der Waals surface area contributed by atoms with E-state index in [1.54, 1.807) is 0 Å². The summed E-state index contributed by atoms with van der Waals surface area (Å²) in [6.45, 7) is 4.92. The standard InChI is InChI=1S/C19H22BNO2/c1-15-12-13-22-20(23-15)19-11-7-6-10-18(19)14-21-16(2)17-8-4-3-5-9-17/h3-11,14-16H,12-13H2,1-2H3/t15-,16+/m1/s1. The van der Waals surface area contributed by atoms with Crippen LogP contribution >= 0.6 is 0 Å². The summed E-state index contributed by atoms with van der Waals surface area (Å²) in [6.07, 6.45) is 3.10. The number of rotatable bonds is 4. The van der Waals surface area contributed by atoms with Gasteiger partial charge in [0, 0.05) is 18.9 Å². The summed E-state index contributed by atoms with van der Waals surface area (Å²) in [4.78, 5) is 4.70. The molecule has 0 amide bonds. The lowest BCUT2D eigenvalue weighted by Gasteiger charge is -2.26. The fourth-order valence-electron chi connectivity index (χ4n) is 2.68. The summed E-state index contributed by atoms with van der Waals surface area (Å²) < 4.78 is 11.7. The molecule has 2 aromatic carbocycles. The molecular weight excluding hydrogens is 285 g/mol. The molecule has 0 aliphatic carbocycles. The monoisotopic (exact) mass is 307 g/mol. The predicted octanol–water partition coefficient (Wildman–Crippen LogP) is 3.39. The Morgan fingerprint density at radius 1 is 1.13 bits per heavy atom. The van der Waals surface area contributed by atoms with Crippen LogP contribution in [0.5, 0.6) is 0 Å². The van der Waals surface area contributed by atoms with Gasteiger partial charge in [-0.1, -0.05) is 54.6 Å². The first-order chi connectivity index (χ1) is 11.2. The molecule has 0 aromatic heterocycles. The highest BCUT2D eigenvalue weighted by molar-refractivity contribution is 6.62. The van der Waals surface area contributed by atoms with Crippen molar-refractivity contribution in [2.24, 2.45) is 4.99 Å². The molecule has 0 spiro atoms. The Morgan fingerprint density at radius 2 is 1.87 bits per heavy atom. The molecule has 0 unspecified atom stereocenters. The van der Waals surface area contributed by atoms with Crippen molar-refractivity contribution in [1.82, 2.24) is 0 Å². The lowest BCUT2D eigenvalue weighted by atomic mass is 9.74. The van der Waals surface area contributed by atoms with Gasteiger partial charge in [0.1, 0.15) is 0 Å². The van der Waals surface area contributed by atoms with Crippen molar-refractivity contribution in [2.45, 2.75) is 32.4 Å². The van der Waals surface area contributed by atoms with Crippen LogP contribution in [-0.2, 0) is 9.31 Å². The van der Waals surface area contributed by atoms with Crippen molar-refractivity contribution < 1.29 is 9.31 Å². The maximum Gasteiger partial charge on any atom is 0.494 e. The first-order valence-electron chi connectivity index (χ1n) is 8.18. The lowest BCUT2D eigenvalue weighted by molar-refractivity contribution is 0.0861. The average Bonchev–Trinajstić information content (AvgIpc) is 2.60. The number of hydrogen-bond acceptors (Lipinski definition) is 3. The minimum atomic E-state index is -0.298. The van der Waals surface area contributed by atoms with E-state index in [1.165, 1.54) is 5.56 Å². The topological polar surface area (TPSA) is 30.8 Å². The first-order valence-corrected chi connectivity index (χ1v) is 8.18. The Balaban J connectivity index is 1.79. The zero-order chi connectivity index (χ0) is 16.1. The SMILES string of the molecule is C[C@@H]1CCOB(c2ccccc2C=N[C@@H](C)c2ccccc2)O1. The number of benzene rings is 2. The molecule has 0 bridgehead atoms. The summed E-state index contributed by atoms with van der Waals surface area (Å²) in [5.74, 6) is 0. The van der Waals surface area contributed by atoms with Crippen LogP contribution in [-0.4, -0.2) is 26.0 Å². The molecule has 0 radical (unpaired) electrons. The second-order valence-corrected chi connectivity index (χ2v) is 5.93. The highest BCUT2D eigenvalue weighted by atomic mass is 16.6. The smallest absolute Gasteiger partial charge is 0.407 e. The molecule has 1 aliphatic rings. The molecule has 0 saturated carbocycles. The molecule has 2 atom stereocenters. The van der Waals surface area contributed by atoms with E-state index in [0.717, 1.165) is 24.1 Å². The van der Waals surface area contributed by atoms with E-state index >= 15 is 0 Å². The van der Waals surface area contributed by atoms with Gasteiger partial charge in [-0.2, -0.15) is 0 Å². The fourth-order valence-corrected chi connectivity index (χ4v) is 2.68. The lowest BCUT2D eigenvalue weighted by Crippen LogP contribution is -2.45. The summed E-state index contributed by atoms with van der Waals surface area (Å²) in [5.41, 5.74) is 3.30. The third kappa shape index (κ3) is 4.09. The van der Waals surface area contributed by atoms with Gasteiger partial charge in [0.15, 0.2) is 0 Å². The van der Waals surface area contributed by atoms with Crippen LogP contribution in [0.25, 0.3) is 0 Å². The number of hydrogen-bond donors (Lipinski definition) is 0. The zero-order valence-corrected chi connectivity index (χ0v) is 13.7. The van der Waals surface area contributed by atoms with Gasteiger partial charge in [-0.15, -0.1) is 0 Å². The van der Waals surface area contributed by atoms with Crippen molar-refractivity contribution in [3.8, 4) is 0 Å². The largest absolute Gasteiger partial charge is 0.494 e. The van der Waals surface area contributed by atoms with Crippen LogP contribution in [0.3, 0.4) is 0 Å². The Kier molecular flexibility index (Phi) is 5.26. The Hall–Kier alpha value is -1.91. The highest BCUT2D eigenvalue weighted by Crippen LogP contribution is 2.16. The average molecular weight is 307 g/mol. The van der Waals surface area contributed by atoms with Crippen LogP contribution in [0.15, 0.2) is 59.6 Å². The summed E-state index contributed by atoms with van der Waals surface area (Å²) in [7, 11) is -0.298. The van der Waals surface area contributed by atoms with Crippen LogP contribution in [0.2, 0.25) is 0 Å². The fraction of sp³-hybridized carbons (Fsp3) is 0.316. The van der Waals surface area contributed by atoms with Gasteiger partial charge in [-0.3, -0.25) is 4.99 Å². The second kappa shape index (κ2) is 7.58. The van der Waals surface area contributed by atoms with E-state index in [2.05, 4.69) is 38.1 Å². The predicted molar refractivity (Wildman–Crippen MR) is 95.4 cm³/mol. The normalized spacial score (nSPS) is 19.9. The highest BCUT2D eigenvalue weighted by Gasteiger charge is 2.29. The van der Waals surface area contributed by atoms with Crippen molar-refractivity contribution in [1.29, 1.82) is 0 Å². The summed E-state index contributed by atoms with van der Waals surface area (Å²) in [6, 6.07) is 18.6. The van der Waals surface area contributed by atoms with Gasteiger partial charge < -0.3 is 9.31 Å². The molecule has 1 saturated heterocycles. The minimum absolute atomic E-state index is 0.122. The second-order valence-electron chi connectivity index (χ2n) is 5.93. The van der Waals surface area contributed by atoms with Gasteiger partial charge in [-0.05, 0) is 36.9 Å². The molecular formula is C19H22BNO2. The van der Waals surface area contributed by atoms with E-state index in [1.807, 2.05) is 36.5 Å². The van der Waals surface area contributed by atoms with E-state index in [0.29, 0.717) is 0 Å². The zero-order valence-electron chi connectivity index (χ0n) is 13.7. The van der Waals surface area contributed by atoms with Crippen LogP contribution in [0, 0.1) is 0 Å². The van der Waals surface area contributed by atoms with Crippen LogP contribution in [0.1, 0.15) is 37.4 Å². The molecule has 4 heteroatoms. The van der Waals surface area contributed by atoms with E-state index in [-0.39, 0.29) is 19.3 Å². The van der Waals surface area contributed by atoms with Gasteiger partial charge in [0.05, 0.1) is 6.04 Å². The van der Waals surface area contributed by atoms with Gasteiger partial charge in [0.2, 0.25) is 0 Å². The van der Waals surface area contributed by atoms with E-state index < -0.39 is 0 Å². The van der Waals surface area contributed by atoms with E-state index in [4.69, 9.17) is 14.3 Å². The quantitative estimate of drug-likeness (QED) is 0.640. The van der Waals surface area contributed by atoms with Gasteiger partial charge in [-0.25, -0.2) is 0 Å². The van der Waals surface area contributed by atoms with Gasteiger partial charge >= 0.3 is 7.12 Å². The maximum atomic E-state index is 5.92. The van der Waals surface area contributed by atoms with Crippen molar-refractivity contribution in [3.05, 3.63) is 65.7 Å². The molecule has 2 aromatic rings. The Bertz CT molecular complexity index is 659. The maximum absolute atomic E-state index is 5.92. The summed E-state index contributed by atoms with van der Waals surface area (Å²) >= 11 is 0. The van der Waals surface area contributed by atoms with Gasteiger partial charge in [0.25, 0.3) is 0 Å². The number of nitrogens with zero attached hydrogens (tertiary/aromatic N) is 1. The molecule has 1 heterocycles. The Labute approximate surface area is 138 Å². The summed E-state index contributed by atoms with van der Waals surface area (Å²) in [5, 5.41) is 0. The molecule has 1 aliphatic heterocycles. The Morgan fingerprint density at radius 3 is 2.65 bits per heavy atom. The third-order valence-corrected chi connectivity index (χ3v) is 4.12. The van der Waals surface area contributed by atoms with Crippen molar-refractivity contribution >= 4 is 18.8 Å². The van der Waals surface area contributed by atoms with E-state index in [9.17, 15) is 0 Å². The molecule has 23 heavy (non-hydrogen) atoms. The molecule has 3 rings (SSSR count). The number of aliphatic imine (C=N–C) groups is 1. The molecule has 118 valence electrons. The minimum Gasteiger partial charge on any atom is -0.407 e. The van der Waals surface area contributed by atoms with Crippen LogP contribution in [0.4, 0.5) is 0 Å². The van der Waals surface area contributed by atoms with Crippen molar-refractivity contribution in [2.75, 3.05) is 6.61 Å². The molecule has 0 N–H and O–H groups in total. The van der Waals surface area contributed by atoms with Crippen LogP contribution < -0.4 is 5.46 Å².